The van der Waals surface area contributed by atoms with E-state index in [-0.39, 0.29) is 24.9 Å². The normalized spacial score (nSPS) is 11.5. The molecule has 0 aliphatic heterocycles. The molecule has 5 heteroatoms. The molecule has 1 heterocycles. The van der Waals surface area contributed by atoms with E-state index in [4.69, 9.17) is 10.8 Å². The Morgan fingerprint density at radius 1 is 1.50 bits per heavy atom. The highest BCUT2D eigenvalue weighted by atomic mass is 35.5. The van der Waals surface area contributed by atoms with Gasteiger partial charge in [0.2, 0.25) is 0 Å². The van der Waals surface area contributed by atoms with Gasteiger partial charge in [0, 0.05) is 18.4 Å². The molecule has 0 aromatic carbocycles. The number of hydrogen-bond acceptors (Lipinski definition) is 3. The summed E-state index contributed by atoms with van der Waals surface area (Å²) >= 11 is 0. The van der Waals surface area contributed by atoms with Crippen LogP contribution in [0, 0.1) is 0 Å². The van der Waals surface area contributed by atoms with Crippen LogP contribution in [0.15, 0.2) is 24.5 Å². The van der Waals surface area contributed by atoms with Crippen LogP contribution in [0.25, 0.3) is 0 Å². The highest BCUT2D eigenvalue weighted by Crippen LogP contribution is 2.02. The summed E-state index contributed by atoms with van der Waals surface area (Å²) in [7, 11) is 0. The highest BCUT2D eigenvalue weighted by Gasteiger charge is 2.08. The van der Waals surface area contributed by atoms with Gasteiger partial charge in [-0.1, -0.05) is 0 Å². The molecule has 0 bridgehead atoms. The van der Waals surface area contributed by atoms with Crippen LogP contribution in [-0.4, -0.2) is 22.1 Å². The van der Waals surface area contributed by atoms with Gasteiger partial charge in [0.15, 0.2) is 0 Å². The second-order valence-corrected chi connectivity index (χ2v) is 2.92. The maximum Gasteiger partial charge on any atom is 0.304 e. The Balaban J connectivity index is 0.00000169. The second-order valence-electron chi connectivity index (χ2n) is 2.92. The van der Waals surface area contributed by atoms with Crippen LogP contribution in [0.1, 0.15) is 12.0 Å². The van der Waals surface area contributed by atoms with E-state index in [0.717, 1.165) is 5.56 Å². The summed E-state index contributed by atoms with van der Waals surface area (Å²) in [5.41, 5.74) is 6.62. The molecule has 0 unspecified atom stereocenters. The van der Waals surface area contributed by atoms with Gasteiger partial charge in [0.1, 0.15) is 0 Å². The number of aliphatic carboxylic acids is 1. The summed E-state index contributed by atoms with van der Waals surface area (Å²) in [5, 5.41) is 8.47. The number of carbonyl (C=O) groups is 1. The van der Waals surface area contributed by atoms with E-state index in [0.29, 0.717) is 6.42 Å². The van der Waals surface area contributed by atoms with Gasteiger partial charge >= 0.3 is 5.97 Å². The summed E-state index contributed by atoms with van der Waals surface area (Å²) in [5.74, 6) is -0.860. The smallest absolute Gasteiger partial charge is 0.304 e. The molecule has 1 atom stereocenters. The number of carboxylic acid groups (broad SMARTS) is 1. The summed E-state index contributed by atoms with van der Waals surface area (Å²) in [4.78, 5) is 14.2. The first-order chi connectivity index (χ1) is 6.18. The summed E-state index contributed by atoms with van der Waals surface area (Å²) < 4.78 is 0. The molecule has 0 saturated heterocycles. The Morgan fingerprint density at radius 3 is 2.57 bits per heavy atom. The highest BCUT2D eigenvalue weighted by molar-refractivity contribution is 5.85. The molecule has 0 spiro atoms. The first-order valence-corrected chi connectivity index (χ1v) is 4.05. The van der Waals surface area contributed by atoms with Gasteiger partial charge in [-0.15, -0.1) is 12.4 Å². The summed E-state index contributed by atoms with van der Waals surface area (Å²) in [6.45, 7) is 0. The van der Waals surface area contributed by atoms with Crippen LogP contribution in [0.3, 0.4) is 0 Å². The minimum Gasteiger partial charge on any atom is -0.481 e. The minimum atomic E-state index is -0.860. The lowest BCUT2D eigenvalue weighted by Gasteiger charge is -2.07. The van der Waals surface area contributed by atoms with Crippen LogP contribution >= 0.6 is 12.4 Å². The lowest BCUT2D eigenvalue weighted by atomic mass is 10.1. The van der Waals surface area contributed by atoms with E-state index in [1.165, 1.54) is 0 Å². The zero-order valence-corrected chi connectivity index (χ0v) is 8.41. The van der Waals surface area contributed by atoms with Crippen molar-refractivity contribution in [2.24, 2.45) is 5.73 Å². The number of halogens is 1. The third kappa shape index (κ3) is 4.79. The van der Waals surface area contributed by atoms with Gasteiger partial charge in [-0.3, -0.25) is 9.78 Å². The first kappa shape index (κ1) is 12.9. The monoisotopic (exact) mass is 216 g/mol. The molecule has 78 valence electrons. The quantitative estimate of drug-likeness (QED) is 0.782. The summed E-state index contributed by atoms with van der Waals surface area (Å²) in [6.07, 6.45) is 3.92. The van der Waals surface area contributed by atoms with E-state index < -0.39 is 5.97 Å². The molecular weight excluding hydrogens is 204 g/mol. The number of hydrogen-bond donors (Lipinski definition) is 2. The Morgan fingerprint density at radius 2 is 2.07 bits per heavy atom. The van der Waals surface area contributed by atoms with Crippen molar-refractivity contribution >= 4 is 18.4 Å². The van der Waals surface area contributed by atoms with Crippen LogP contribution in [-0.2, 0) is 11.2 Å². The largest absolute Gasteiger partial charge is 0.481 e. The van der Waals surface area contributed by atoms with Crippen molar-refractivity contribution in [1.82, 2.24) is 4.98 Å². The molecule has 1 aromatic rings. The molecule has 0 saturated carbocycles. The summed E-state index contributed by atoms with van der Waals surface area (Å²) in [6, 6.07) is 3.35. The van der Waals surface area contributed by atoms with Gasteiger partial charge in [-0.05, 0) is 24.1 Å². The number of pyridine rings is 1. The molecule has 4 nitrogen and oxygen atoms in total. The SMILES string of the molecule is Cl.N[C@@H](CC(=O)O)Cc1ccncc1. The molecular formula is C9H13ClN2O2. The fourth-order valence-electron chi connectivity index (χ4n) is 1.12. The third-order valence-corrected chi connectivity index (χ3v) is 1.68. The number of rotatable bonds is 4. The average molecular weight is 217 g/mol. The standard InChI is InChI=1S/C9H12N2O2.ClH/c10-8(6-9(12)13)5-7-1-3-11-4-2-7;/h1-4,8H,5-6,10H2,(H,12,13);1H/t8-;/m1./s1. The molecule has 0 radical (unpaired) electrons. The fraction of sp³-hybridized carbons (Fsp3) is 0.333. The third-order valence-electron chi connectivity index (χ3n) is 1.68. The van der Waals surface area contributed by atoms with Gasteiger partial charge in [-0.25, -0.2) is 0 Å². The van der Waals surface area contributed by atoms with E-state index in [2.05, 4.69) is 4.98 Å². The lowest BCUT2D eigenvalue weighted by molar-refractivity contribution is -0.137. The van der Waals surface area contributed by atoms with E-state index in [1.54, 1.807) is 12.4 Å². The Labute approximate surface area is 88.6 Å². The van der Waals surface area contributed by atoms with Crippen LogP contribution < -0.4 is 5.73 Å². The Hall–Kier alpha value is -1.13. The number of nitrogens with two attached hydrogens (primary N) is 1. The molecule has 0 aliphatic rings. The van der Waals surface area contributed by atoms with Crippen molar-refractivity contribution < 1.29 is 9.90 Å². The molecule has 14 heavy (non-hydrogen) atoms. The number of carboxylic acids is 1. The molecule has 0 aliphatic carbocycles. The molecule has 0 fully saturated rings. The van der Waals surface area contributed by atoms with Crippen molar-refractivity contribution in [2.45, 2.75) is 18.9 Å². The Bertz CT molecular complexity index is 279. The Kier molecular flexibility index (Phi) is 5.83. The maximum atomic E-state index is 10.3. The molecule has 3 N–H and O–H groups in total. The minimum absolute atomic E-state index is 0. The number of aromatic nitrogens is 1. The van der Waals surface area contributed by atoms with Gasteiger partial charge < -0.3 is 10.8 Å². The zero-order valence-electron chi connectivity index (χ0n) is 7.59. The van der Waals surface area contributed by atoms with Crippen molar-refractivity contribution in [3.05, 3.63) is 30.1 Å². The van der Waals surface area contributed by atoms with Crippen LogP contribution in [0.2, 0.25) is 0 Å². The van der Waals surface area contributed by atoms with Crippen molar-refractivity contribution in [1.29, 1.82) is 0 Å². The topological polar surface area (TPSA) is 76.2 Å². The predicted molar refractivity (Wildman–Crippen MR) is 55.4 cm³/mol. The zero-order chi connectivity index (χ0) is 9.68. The van der Waals surface area contributed by atoms with Gasteiger partial charge in [-0.2, -0.15) is 0 Å². The van der Waals surface area contributed by atoms with Gasteiger partial charge in [0.25, 0.3) is 0 Å². The second kappa shape index (κ2) is 6.34. The van der Waals surface area contributed by atoms with Crippen LogP contribution in [0.5, 0.6) is 0 Å². The lowest BCUT2D eigenvalue weighted by Crippen LogP contribution is -2.26. The van der Waals surface area contributed by atoms with Crippen molar-refractivity contribution in [3.8, 4) is 0 Å². The molecule has 1 rings (SSSR count). The van der Waals surface area contributed by atoms with E-state index in [1.807, 2.05) is 12.1 Å². The molecule has 1 aromatic heterocycles. The van der Waals surface area contributed by atoms with Crippen molar-refractivity contribution in [3.63, 3.8) is 0 Å². The van der Waals surface area contributed by atoms with E-state index in [9.17, 15) is 4.79 Å². The predicted octanol–water partition coefficient (Wildman–Crippen LogP) is 0.848. The van der Waals surface area contributed by atoms with E-state index >= 15 is 0 Å². The first-order valence-electron chi connectivity index (χ1n) is 4.05. The fourth-order valence-corrected chi connectivity index (χ4v) is 1.12. The maximum absolute atomic E-state index is 10.3. The van der Waals surface area contributed by atoms with Gasteiger partial charge in [0.05, 0.1) is 6.42 Å². The molecule has 0 amide bonds. The van der Waals surface area contributed by atoms with Crippen LogP contribution in [0.4, 0.5) is 0 Å². The number of nitrogens with zero attached hydrogens (tertiary/aromatic N) is 1. The average Bonchev–Trinajstić information content (AvgIpc) is 2.04. The van der Waals surface area contributed by atoms with Crippen molar-refractivity contribution in [2.75, 3.05) is 0 Å².